The van der Waals surface area contributed by atoms with Crippen molar-refractivity contribution in [1.82, 2.24) is 4.31 Å². The van der Waals surface area contributed by atoms with E-state index in [1.54, 1.807) is 30.6 Å². The zero-order chi connectivity index (χ0) is 17.6. The lowest BCUT2D eigenvalue weighted by molar-refractivity contribution is 0.177. The van der Waals surface area contributed by atoms with Gasteiger partial charge in [0.25, 0.3) is 0 Å². The van der Waals surface area contributed by atoms with E-state index in [1.807, 2.05) is 29.8 Å². The molecule has 0 radical (unpaired) electrons. The van der Waals surface area contributed by atoms with Gasteiger partial charge in [0.15, 0.2) is 0 Å². The molecule has 0 unspecified atom stereocenters. The van der Waals surface area contributed by atoms with Gasteiger partial charge in [-0.2, -0.15) is 15.6 Å². The van der Waals surface area contributed by atoms with Gasteiger partial charge in [-0.25, -0.2) is 8.42 Å². The molecule has 0 atom stereocenters. The van der Waals surface area contributed by atoms with Gasteiger partial charge in [0.05, 0.1) is 13.7 Å². The van der Waals surface area contributed by atoms with Crippen molar-refractivity contribution in [2.45, 2.75) is 24.8 Å². The summed E-state index contributed by atoms with van der Waals surface area (Å²) in [6.07, 6.45) is 0.759. The quantitative estimate of drug-likeness (QED) is 0.681. The molecule has 1 aromatic heterocycles. The van der Waals surface area contributed by atoms with Crippen LogP contribution in [0.2, 0.25) is 0 Å². The van der Waals surface area contributed by atoms with Crippen LogP contribution in [0.1, 0.15) is 18.1 Å². The average Bonchev–Trinajstić information content (AvgIpc) is 3.10. The maximum Gasteiger partial charge on any atom is 0.247 e. The smallest absolute Gasteiger partial charge is 0.247 e. The molecule has 0 aliphatic rings. The monoisotopic (exact) mass is 369 g/mol. The Hall–Kier alpha value is -1.41. The topological polar surface area (TPSA) is 55.8 Å². The zero-order valence-electron chi connectivity index (χ0n) is 14.2. The minimum atomic E-state index is -3.69. The molecule has 132 valence electrons. The lowest BCUT2D eigenvalue weighted by Crippen LogP contribution is -2.33. The zero-order valence-corrected chi connectivity index (χ0v) is 15.8. The van der Waals surface area contributed by atoms with Gasteiger partial charge in [-0.3, -0.25) is 0 Å². The largest absolute Gasteiger partial charge is 0.495 e. The standard InChI is InChI=1S/C17H23NO4S2/c1-4-14-5-6-16(22-3)17(11-14)24(19,20)18(8-9-21-2)12-15-7-10-23-13-15/h5-7,10-11,13H,4,8-9,12H2,1-3H3. The van der Waals surface area contributed by atoms with Gasteiger partial charge in [0.1, 0.15) is 10.6 Å². The molecule has 1 heterocycles. The molecule has 5 nitrogen and oxygen atoms in total. The molecule has 0 aliphatic carbocycles. The molecule has 2 rings (SSSR count). The number of benzene rings is 1. The lowest BCUT2D eigenvalue weighted by atomic mass is 10.2. The predicted molar refractivity (Wildman–Crippen MR) is 96.2 cm³/mol. The van der Waals surface area contributed by atoms with Crippen molar-refractivity contribution in [3.63, 3.8) is 0 Å². The lowest BCUT2D eigenvalue weighted by Gasteiger charge is -2.23. The van der Waals surface area contributed by atoms with Crippen molar-refractivity contribution in [1.29, 1.82) is 0 Å². The molecule has 0 amide bonds. The molecule has 1 aromatic carbocycles. The van der Waals surface area contributed by atoms with Crippen LogP contribution in [0.25, 0.3) is 0 Å². The van der Waals surface area contributed by atoms with Crippen LogP contribution in [0.4, 0.5) is 0 Å². The number of aryl methyl sites for hydroxylation is 1. The van der Waals surface area contributed by atoms with E-state index in [-0.39, 0.29) is 11.4 Å². The molecule has 7 heteroatoms. The first-order chi connectivity index (χ1) is 11.5. The third-order valence-electron chi connectivity index (χ3n) is 3.74. The Morgan fingerprint density at radius 3 is 2.54 bits per heavy atom. The first-order valence-electron chi connectivity index (χ1n) is 7.70. The van der Waals surface area contributed by atoms with Crippen LogP contribution < -0.4 is 4.74 Å². The van der Waals surface area contributed by atoms with Gasteiger partial charge in [-0.15, -0.1) is 0 Å². The number of sulfonamides is 1. The van der Waals surface area contributed by atoms with Crippen LogP contribution in [0, 0.1) is 0 Å². The highest BCUT2D eigenvalue weighted by Gasteiger charge is 2.28. The fourth-order valence-corrected chi connectivity index (χ4v) is 4.62. The maximum absolute atomic E-state index is 13.2. The van der Waals surface area contributed by atoms with E-state index < -0.39 is 10.0 Å². The average molecular weight is 370 g/mol. The van der Waals surface area contributed by atoms with Crippen LogP contribution in [-0.2, 0) is 27.7 Å². The van der Waals surface area contributed by atoms with Crippen LogP contribution in [0.15, 0.2) is 39.9 Å². The minimum Gasteiger partial charge on any atom is -0.495 e. The third-order valence-corrected chi connectivity index (χ3v) is 6.34. The van der Waals surface area contributed by atoms with Gasteiger partial charge in [0, 0.05) is 20.2 Å². The Morgan fingerprint density at radius 1 is 1.17 bits per heavy atom. The Balaban J connectivity index is 2.42. The summed E-state index contributed by atoms with van der Waals surface area (Å²) in [7, 11) is -0.644. The van der Waals surface area contributed by atoms with E-state index in [1.165, 1.54) is 11.4 Å². The molecule has 0 spiro atoms. The van der Waals surface area contributed by atoms with Gasteiger partial charge in [-0.1, -0.05) is 13.0 Å². The highest BCUT2D eigenvalue weighted by atomic mass is 32.2. The van der Waals surface area contributed by atoms with Crippen LogP contribution >= 0.6 is 11.3 Å². The molecule has 2 aromatic rings. The summed E-state index contributed by atoms with van der Waals surface area (Å²) in [4.78, 5) is 0.204. The second-order valence-corrected chi connectivity index (χ2v) is 7.99. The summed E-state index contributed by atoms with van der Waals surface area (Å²) in [5, 5.41) is 3.89. The maximum atomic E-state index is 13.2. The summed E-state index contributed by atoms with van der Waals surface area (Å²) in [6.45, 7) is 2.92. The van der Waals surface area contributed by atoms with Crippen molar-refractivity contribution in [2.75, 3.05) is 27.4 Å². The van der Waals surface area contributed by atoms with E-state index >= 15 is 0 Å². The number of thiophene rings is 1. The molecule has 0 saturated heterocycles. The van der Waals surface area contributed by atoms with Crippen molar-refractivity contribution in [3.05, 3.63) is 46.2 Å². The minimum absolute atomic E-state index is 0.204. The normalized spacial score (nSPS) is 11.8. The summed E-state index contributed by atoms with van der Waals surface area (Å²) in [5.41, 5.74) is 1.92. The van der Waals surface area contributed by atoms with E-state index in [9.17, 15) is 8.42 Å². The van der Waals surface area contributed by atoms with Crippen LogP contribution in [0.3, 0.4) is 0 Å². The summed E-state index contributed by atoms with van der Waals surface area (Å²) in [6, 6.07) is 7.22. The van der Waals surface area contributed by atoms with E-state index in [2.05, 4.69) is 0 Å². The SMILES string of the molecule is CCc1ccc(OC)c(S(=O)(=O)N(CCOC)Cc2ccsc2)c1. The number of hydrogen-bond donors (Lipinski definition) is 0. The van der Waals surface area contributed by atoms with Gasteiger partial charge < -0.3 is 9.47 Å². The van der Waals surface area contributed by atoms with Crippen molar-refractivity contribution in [3.8, 4) is 5.75 Å². The molecule has 0 N–H and O–H groups in total. The number of ether oxygens (including phenoxy) is 2. The summed E-state index contributed by atoms with van der Waals surface area (Å²) >= 11 is 1.55. The summed E-state index contributed by atoms with van der Waals surface area (Å²) < 4.78 is 38.2. The Bertz CT molecular complexity index is 742. The number of methoxy groups -OCH3 is 2. The molecule has 0 fully saturated rings. The van der Waals surface area contributed by atoms with E-state index in [4.69, 9.17) is 9.47 Å². The van der Waals surface area contributed by atoms with Gasteiger partial charge in [0.2, 0.25) is 10.0 Å². The van der Waals surface area contributed by atoms with E-state index in [0.717, 1.165) is 17.5 Å². The molecule has 0 aliphatic heterocycles. The number of rotatable bonds is 9. The Labute approximate surface area is 147 Å². The molecule has 0 bridgehead atoms. The number of hydrogen-bond acceptors (Lipinski definition) is 5. The second kappa shape index (κ2) is 8.62. The van der Waals surface area contributed by atoms with Gasteiger partial charge in [-0.05, 0) is 46.5 Å². The fraction of sp³-hybridized carbons (Fsp3) is 0.412. The highest BCUT2D eigenvalue weighted by molar-refractivity contribution is 7.89. The van der Waals surface area contributed by atoms with Crippen molar-refractivity contribution >= 4 is 21.4 Å². The molecular formula is C17H23NO4S2. The Kier molecular flexibility index (Phi) is 6.79. The van der Waals surface area contributed by atoms with Crippen molar-refractivity contribution in [2.24, 2.45) is 0 Å². The molecule has 24 heavy (non-hydrogen) atoms. The summed E-state index contributed by atoms with van der Waals surface area (Å²) in [5.74, 6) is 0.361. The predicted octanol–water partition coefficient (Wildman–Crippen LogP) is 3.16. The van der Waals surface area contributed by atoms with Crippen LogP contribution in [-0.4, -0.2) is 40.1 Å². The highest BCUT2D eigenvalue weighted by Crippen LogP contribution is 2.29. The second-order valence-electron chi connectivity index (χ2n) is 5.30. The third kappa shape index (κ3) is 4.36. The Morgan fingerprint density at radius 2 is 1.96 bits per heavy atom. The first kappa shape index (κ1) is 18.9. The fourth-order valence-electron chi connectivity index (χ4n) is 2.35. The molecular weight excluding hydrogens is 346 g/mol. The van der Waals surface area contributed by atoms with E-state index in [0.29, 0.717) is 18.9 Å². The van der Waals surface area contributed by atoms with Crippen molar-refractivity contribution < 1.29 is 17.9 Å². The first-order valence-corrected chi connectivity index (χ1v) is 10.1. The number of nitrogens with zero attached hydrogens (tertiary/aromatic N) is 1. The molecule has 0 saturated carbocycles. The van der Waals surface area contributed by atoms with Gasteiger partial charge >= 0.3 is 0 Å². The van der Waals surface area contributed by atoms with Crippen LogP contribution in [0.5, 0.6) is 5.75 Å².